The lowest BCUT2D eigenvalue weighted by molar-refractivity contribution is 0.453. The Balaban J connectivity index is 2.95. The maximum absolute atomic E-state index is 4.16. The summed E-state index contributed by atoms with van der Waals surface area (Å²) in [7, 11) is 2.00. The van der Waals surface area contributed by atoms with E-state index < -0.39 is 0 Å². The van der Waals surface area contributed by atoms with E-state index >= 15 is 0 Å². The third kappa shape index (κ3) is 3.27. The van der Waals surface area contributed by atoms with Gasteiger partial charge in [-0.05, 0) is 44.9 Å². The van der Waals surface area contributed by atoms with Crippen LogP contribution in [0.2, 0.25) is 0 Å². The van der Waals surface area contributed by atoms with E-state index in [0.717, 1.165) is 17.8 Å². The molecule has 0 aliphatic rings. The van der Waals surface area contributed by atoms with Gasteiger partial charge in [0.1, 0.15) is 0 Å². The van der Waals surface area contributed by atoms with Crippen molar-refractivity contribution in [1.82, 2.24) is 15.5 Å². The highest BCUT2D eigenvalue weighted by Gasteiger charge is 2.14. The van der Waals surface area contributed by atoms with Crippen LogP contribution in [0, 0.1) is 19.8 Å². The van der Waals surface area contributed by atoms with Crippen LogP contribution in [-0.2, 0) is 0 Å². The van der Waals surface area contributed by atoms with Crippen molar-refractivity contribution in [2.45, 2.75) is 40.2 Å². The minimum Gasteiger partial charge on any atom is -0.313 e. The van der Waals surface area contributed by atoms with E-state index in [1.165, 1.54) is 5.56 Å². The van der Waals surface area contributed by atoms with Crippen molar-refractivity contribution >= 4 is 0 Å². The number of rotatable bonds is 4. The molecule has 0 spiro atoms. The normalized spacial score (nSPS) is 13.2. The van der Waals surface area contributed by atoms with Crippen LogP contribution < -0.4 is 5.32 Å². The summed E-state index contributed by atoms with van der Waals surface area (Å²) in [5, 5.41) is 11.6. The van der Waals surface area contributed by atoms with Gasteiger partial charge >= 0.3 is 0 Å². The van der Waals surface area contributed by atoms with Crippen molar-refractivity contribution in [2.75, 3.05) is 7.05 Å². The van der Waals surface area contributed by atoms with Crippen molar-refractivity contribution in [3.63, 3.8) is 0 Å². The maximum atomic E-state index is 4.16. The molecule has 1 aromatic heterocycles. The molecule has 3 heteroatoms. The van der Waals surface area contributed by atoms with E-state index in [0.29, 0.717) is 12.0 Å². The highest BCUT2D eigenvalue weighted by atomic mass is 15.1. The highest BCUT2D eigenvalue weighted by molar-refractivity contribution is 5.23. The summed E-state index contributed by atoms with van der Waals surface area (Å²) < 4.78 is 0. The molecule has 1 unspecified atom stereocenters. The average Bonchev–Trinajstić information content (AvgIpc) is 2.18. The molecule has 15 heavy (non-hydrogen) atoms. The number of hydrogen-bond donors (Lipinski definition) is 1. The lowest BCUT2D eigenvalue weighted by Crippen LogP contribution is -2.20. The number of nitrogens with one attached hydrogen (secondary N) is 1. The Morgan fingerprint density at radius 2 is 1.93 bits per heavy atom. The van der Waals surface area contributed by atoms with Crippen LogP contribution in [0.1, 0.15) is 43.3 Å². The Labute approximate surface area is 92.3 Å². The number of aromatic nitrogens is 2. The zero-order valence-corrected chi connectivity index (χ0v) is 10.3. The third-order valence-electron chi connectivity index (χ3n) is 2.57. The molecule has 1 heterocycles. The van der Waals surface area contributed by atoms with Crippen LogP contribution in [0.25, 0.3) is 0 Å². The van der Waals surface area contributed by atoms with Crippen LogP contribution in [-0.4, -0.2) is 17.2 Å². The first-order chi connectivity index (χ1) is 7.04. The maximum Gasteiger partial charge on any atom is 0.0648 e. The zero-order valence-electron chi connectivity index (χ0n) is 10.3. The van der Waals surface area contributed by atoms with Crippen LogP contribution in [0.15, 0.2) is 6.07 Å². The molecule has 84 valence electrons. The van der Waals surface area contributed by atoms with Crippen LogP contribution in [0.3, 0.4) is 0 Å². The van der Waals surface area contributed by atoms with Crippen molar-refractivity contribution < 1.29 is 0 Å². The van der Waals surface area contributed by atoms with Gasteiger partial charge in [0.25, 0.3) is 0 Å². The second-order valence-corrected chi connectivity index (χ2v) is 4.50. The number of aryl methyl sites for hydroxylation is 2. The largest absolute Gasteiger partial charge is 0.313 e. The van der Waals surface area contributed by atoms with E-state index in [1.54, 1.807) is 0 Å². The fourth-order valence-corrected chi connectivity index (χ4v) is 1.79. The molecule has 0 aromatic carbocycles. The summed E-state index contributed by atoms with van der Waals surface area (Å²) in [6.45, 7) is 8.48. The molecule has 1 rings (SSSR count). The molecule has 1 aromatic rings. The first-order valence-electron chi connectivity index (χ1n) is 5.52. The van der Waals surface area contributed by atoms with Crippen LogP contribution in [0.4, 0.5) is 0 Å². The molecule has 0 radical (unpaired) electrons. The number of hydrogen-bond acceptors (Lipinski definition) is 3. The van der Waals surface area contributed by atoms with Gasteiger partial charge in [0.05, 0.1) is 11.4 Å². The smallest absolute Gasteiger partial charge is 0.0648 e. The van der Waals surface area contributed by atoms with Gasteiger partial charge in [-0.1, -0.05) is 13.8 Å². The Kier molecular flexibility index (Phi) is 4.21. The van der Waals surface area contributed by atoms with E-state index in [4.69, 9.17) is 0 Å². The molecule has 0 saturated heterocycles. The second kappa shape index (κ2) is 5.21. The molecule has 0 aliphatic carbocycles. The molecule has 3 nitrogen and oxygen atoms in total. The molecule has 0 aliphatic heterocycles. The van der Waals surface area contributed by atoms with Gasteiger partial charge in [-0.25, -0.2) is 0 Å². The molecule has 0 amide bonds. The minimum absolute atomic E-state index is 0.388. The quantitative estimate of drug-likeness (QED) is 0.824. The Morgan fingerprint density at radius 1 is 1.27 bits per heavy atom. The zero-order chi connectivity index (χ0) is 11.4. The molecule has 1 atom stereocenters. The van der Waals surface area contributed by atoms with E-state index in [-0.39, 0.29) is 0 Å². The first-order valence-corrected chi connectivity index (χ1v) is 5.52. The summed E-state index contributed by atoms with van der Waals surface area (Å²) in [6.07, 6.45) is 1.13. The van der Waals surface area contributed by atoms with Gasteiger partial charge in [-0.15, -0.1) is 0 Å². The molecular weight excluding hydrogens is 186 g/mol. The fourth-order valence-electron chi connectivity index (χ4n) is 1.79. The van der Waals surface area contributed by atoms with Crippen molar-refractivity contribution in [3.05, 3.63) is 23.0 Å². The summed E-state index contributed by atoms with van der Waals surface area (Å²) in [5.41, 5.74) is 3.29. The topological polar surface area (TPSA) is 37.8 Å². The fraction of sp³-hybridized carbons (Fsp3) is 0.667. The molecular formula is C12H21N3. The van der Waals surface area contributed by atoms with Crippen LogP contribution >= 0.6 is 0 Å². The van der Waals surface area contributed by atoms with Crippen molar-refractivity contribution in [3.8, 4) is 0 Å². The molecule has 0 fully saturated rings. The lowest BCUT2D eigenvalue weighted by Gasteiger charge is -2.20. The van der Waals surface area contributed by atoms with E-state index in [9.17, 15) is 0 Å². The second-order valence-electron chi connectivity index (χ2n) is 4.50. The average molecular weight is 207 g/mol. The first kappa shape index (κ1) is 12.1. The summed E-state index contributed by atoms with van der Waals surface area (Å²) in [4.78, 5) is 0. The Morgan fingerprint density at radius 3 is 2.47 bits per heavy atom. The summed E-state index contributed by atoms with van der Waals surface area (Å²) >= 11 is 0. The molecule has 0 saturated carbocycles. The Bertz CT molecular complexity index is 321. The highest BCUT2D eigenvalue weighted by Crippen LogP contribution is 2.22. The predicted molar refractivity (Wildman–Crippen MR) is 62.8 cm³/mol. The van der Waals surface area contributed by atoms with Gasteiger partial charge in [0.2, 0.25) is 0 Å². The van der Waals surface area contributed by atoms with Gasteiger partial charge in [0.15, 0.2) is 0 Å². The Hall–Kier alpha value is -0.960. The molecule has 1 N–H and O–H groups in total. The van der Waals surface area contributed by atoms with Crippen molar-refractivity contribution in [1.29, 1.82) is 0 Å². The van der Waals surface area contributed by atoms with Gasteiger partial charge in [0, 0.05) is 6.04 Å². The third-order valence-corrected chi connectivity index (χ3v) is 2.57. The van der Waals surface area contributed by atoms with E-state index in [2.05, 4.69) is 35.4 Å². The minimum atomic E-state index is 0.388. The SMILES string of the molecule is CNC(CC(C)C)c1cc(C)nnc1C. The molecule has 0 bridgehead atoms. The lowest BCUT2D eigenvalue weighted by atomic mass is 9.96. The van der Waals surface area contributed by atoms with Gasteiger partial charge in [-0.2, -0.15) is 10.2 Å². The monoisotopic (exact) mass is 207 g/mol. The van der Waals surface area contributed by atoms with Crippen LogP contribution in [0.5, 0.6) is 0 Å². The number of nitrogens with zero attached hydrogens (tertiary/aromatic N) is 2. The standard InChI is InChI=1S/C12H21N3/c1-8(2)6-12(13-5)11-7-9(3)14-15-10(11)4/h7-8,12-13H,6H2,1-5H3. The predicted octanol–water partition coefficient (Wildman–Crippen LogP) is 2.40. The van der Waals surface area contributed by atoms with Crippen molar-refractivity contribution in [2.24, 2.45) is 5.92 Å². The summed E-state index contributed by atoms with van der Waals surface area (Å²) in [6, 6.07) is 2.52. The van der Waals surface area contributed by atoms with E-state index in [1.807, 2.05) is 20.9 Å². The van der Waals surface area contributed by atoms with Gasteiger partial charge in [-0.3, -0.25) is 0 Å². The van der Waals surface area contributed by atoms with Gasteiger partial charge < -0.3 is 5.32 Å². The summed E-state index contributed by atoms with van der Waals surface area (Å²) in [5.74, 6) is 0.676.